The summed E-state index contributed by atoms with van der Waals surface area (Å²) in [5.74, 6) is -2.81. The van der Waals surface area contributed by atoms with E-state index in [4.69, 9.17) is 5.73 Å². The van der Waals surface area contributed by atoms with E-state index in [9.17, 15) is 19.6 Å². The maximum Gasteiger partial charge on any atom is 0.254 e. The van der Waals surface area contributed by atoms with Crippen LogP contribution in [0.5, 0.6) is 0 Å². The average Bonchev–Trinajstić information content (AvgIpc) is 2.74. The van der Waals surface area contributed by atoms with Crippen molar-refractivity contribution in [2.75, 3.05) is 13.1 Å². The van der Waals surface area contributed by atoms with E-state index in [1.165, 1.54) is 5.01 Å². The zero-order valence-electron chi connectivity index (χ0n) is 18.9. The minimum absolute atomic E-state index is 0.115. The topological polar surface area (TPSA) is 125 Å². The number of nitrogens with one attached hydrogen (secondary N) is 2. The molecule has 1 aromatic carbocycles. The van der Waals surface area contributed by atoms with Gasteiger partial charge in [-0.25, -0.2) is 5.48 Å². The third kappa shape index (κ3) is 9.31. The van der Waals surface area contributed by atoms with Crippen LogP contribution in [0, 0.1) is 23.7 Å². The van der Waals surface area contributed by atoms with Gasteiger partial charge in [0.25, 0.3) is 5.91 Å². The summed E-state index contributed by atoms with van der Waals surface area (Å²) in [4.78, 5) is 37.8. The molecule has 1 aromatic rings. The molecule has 8 heteroatoms. The highest BCUT2D eigenvalue weighted by Crippen LogP contribution is 2.25. The molecule has 1 rings (SSSR count). The Morgan fingerprint density at radius 1 is 1.03 bits per heavy atom. The first-order valence-corrected chi connectivity index (χ1v) is 10.7. The molecule has 0 aromatic heterocycles. The summed E-state index contributed by atoms with van der Waals surface area (Å²) in [6.45, 7) is 7.81. The first kappa shape index (κ1) is 26.3. The summed E-state index contributed by atoms with van der Waals surface area (Å²) < 4.78 is 0. The van der Waals surface area contributed by atoms with Gasteiger partial charge >= 0.3 is 0 Å². The van der Waals surface area contributed by atoms with Crippen LogP contribution in [0.3, 0.4) is 0 Å². The first-order chi connectivity index (χ1) is 14.7. The number of carbonyl (C=O) groups is 3. The van der Waals surface area contributed by atoms with Gasteiger partial charge in [-0.15, -0.1) is 0 Å². The first-order valence-electron chi connectivity index (χ1n) is 10.7. The van der Waals surface area contributed by atoms with Gasteiger partial charge in [-0.05, 0) is 30.2 Å². The zero-order valence-corrected chi connectivity index (χ0v) is 18.9. The van der Waals surface area contributed by atoms with Crippen LogP contribution in [-0.2, 0) is 14.4 Å². The number of allylic oxidation sites excluding steroid dienone is 1. The van der Waals surface area contributed by atoms with Gasteiger partial charge in [0.15, 0.2) is 0 Å². The number of hydrogen-bond acceptors (Lipinski definition) is 5. The third-order valence-electron chi connectivity index (χ3n) is 4.76. The lowest BCUT2D eigenvalue weighted by molar-refractivity contribution is -0.147. The van der Waals surface area contributed by atoms with Crippen molar-refractivity contribution in [3.05, 3.63) is 42.0 Å². The Morgan fingerprint density at radius 2 is 1.68 bits per heavy atom. The van der Waals surface area contributed by atoms with Crippen LogP contribution < -0.4 is 16.6 Å². The van der Waals surface area contributed by atoms with E-state index in [0.29, 0.717) is 13.0 Å². The normalized spacial score (nSPS) is 13.3. The molecule has 0 aliphatic rings. The van der Waals surface area contributed by atoms with E-state index < -0.39 is 29.6 Å². The Kier molecular flexibility index (Phi) is 11.5. The van der Waals surface area contributed by atoms with Gasteiger partial charge in [0.2, 0.25) is 11.8 Å². The number of nitrogens with zero attached hydrogens (tertiary/aromatic N) is 1. The predicted octanol–water partition coefficient (Wildman–Crippen LogP) is 2.35. The van der Waals surface area contributed by atoms with Crippen LogP contribution in [0.1, 0.15) is 46.1 Å². The molecule has 172 valence electrons. The highest BCUT2D eigenvalue weighted by atomic mass is 16.5. The second kappa shape index (κ2) is 13.6. The van der Waals surface area contributed by atoms with E-state index in [2.05, 4.69) is 5.43 Å². The number of carbonyl (C=O) groups excluding carboxylic acids is 3. The van der Waals surface area contributed by atoms with Crippen molar-refractivity contribution in [1.82, 2.24) is 15.9 Å². The van der Waals surface area contributed by atoms with Gasteiger partial charge in [-0.3, -0.25) is 30.0 Å². The van der Waals surface area contributed by atoms with Crippen LogP contribution >= 0.6 is 0 Å². The minimum atomic E-state index is -0.804. The number of benzene rings is 1. The second-order valence-corrected chi connectivity index (χ2v) is 8.45. The molecule has 0 spiro atoms. The number of amides is 3. The molecule has 0 saturated carbocycles. The van der Waals surface area contributed by atoms with Crippen LogP contribution in [0.25, 0.3) is 6.08 Å². The Bertz CT molecular complexity index is 734. The van der Waals surface area contributed by atoms with E-state index in [0.717, 1.165) is 5.56 Å². The average molecular weight is 433 g/mol. The number of hydrazine groups is 1. The van der Waals surface area contributed by atoms with Gasteiger partial charge in [0.1, 0.15) is 0 Å². The number of rotatable bonds is 11. The van der Waals surface area contributed by atoms with Crippen molar-refractivity contribution < 1.29 is 19.6 Å². The fourth-order valence-corrected chi connectivity index (χ4v) is 3.31. The molecule has 5 N–H and O–H groups in total. The van der Waals surface area contributed by atoms with Gasteiger partial charge in [0, 0.05) is 6.54 Å². The van der Waals surface area contributed by atoms with Crippen molar-refractivity contribution in [1.29, 1.82) is 0 Å². The summed E-state index contributed by atoms with van der Waals surface area (Å²) in [5, 5.41) is 10.5. The molecule has 8 nitrogen and oxygen atoms in total. The monoisotopic (exact) mass is 432 g/mol. The van der Waals surface area contributed by atoms with Gasteiger partial charge in [0.05, 0.1) is 18.4 Å². The predicted molar refractivity (Wildman–Crippen MR) is 120 cm³/mol. The Morgan fingerprint density at radius 3 is 2.19 bits per heavy atom. The molecule has 0 bridgehead atoms. The Labute approximate surface area is 184 Å². The molecule has 0 heterocycles. The molecule has 0 fully saturated rings. The third-order valence-corrected chi connectivity index (χ3v) is 4.76. The quantitative estimate of drug-likeness (QED) is 0.316. The lowest BCUT2D eigenvalue weighted by Gasteiger charge is -2.30. The molecule has 2 atom stereocenters. The fraction of sp³-hybridized carbons (Fsp3) is 0.522. The molecule has 31 heavy (non-hydrogen) atoms. The van der Waals surface area contributed by atoms with Crippen LogP contribution in [0.2, 0.25) is 0 Å². The van der Waals surface area contributed by atoms with Gasteiger partial charge < -0.3 is 5.73 Å². The Hall–Kier alpha value is -2.71. The Balaban J connectivity index is 3.09. The lowest BCUT2D eigenvalue weighted by atomic mass is 9.82. The second-order valence-electron chi connectivity index (χ2n) is 8.45. The molecule has 0 aliphatic heterocycles. The van der Waals surface area contributed by atoms with Crippen LogP contribution in [0.15, 0.2) is 36.4 Å². The van der Waals surface area contributed by atoms with E-state index in [-0.39, 0.29) is 24.8 Å². The van der Waals surface area contributed by atoms with E-state index in [1.807, 2.05) is 70.2 Å². The zero-order chi connectivity index (χ0) is 23.4. The van der Waals surface area contributed by atoms with E-state index >= 15 is 0 Å². The molecule has 0 aliphatic carbocycles. The summed E-state index contributed by atoms with van der Waals surface area (Å²) in [7, 11) is 0. The SMILES string of the molecule is CC(C)C[C@@H](C(=O)NN(CC(C)C)C(=O)CN)[C@H](C/C=C/c1ccccc1)C(=O)NO. The van der Waals surface area contributed by atoms with Gasteiger partial charge in [-0.2, -0.15) is 0 Å². The van der Waals surface area contributed by atoms with Crippen LogP contribution in [0.4, 0.5) is 0 Å². The summed E-state index contributed by atoms with van der Waals surface area (Å²) in [6.07, 6.45) is 4.34. The maximum absolute atomic E-state index is 13.2. The molecule has 3 amide bonds. The standard InChI is InChI=1S/C23H36N4O4/c1-16(2)13-20(22(29)25-27(15-17(3)4)21(28)14-24)19(23(30)26-31)12-8-11-18-9-6-5-7-10-18/h5-11,16-17,19-20,31H,12-15,24H2,1-4H3,(H,25,29)(H,26,30)/b11-8+/t19-,20+/m0/s1. The highest BCUT2D eigenvalue weighted by Gasteiger charge is 2.34. The largest absolute Gasteiger partial charge is 0.322 e. The maximum atomic E-state index is 13.2. The molecular weight excluding hydrogens is 396 g/mol. The number of hydroxylamine groups is 1. The number of hydrogen-bond donors (Lipinski definition) is 4. The van der Waals surface area contributed by atoms with Crippen molar-refractivity contribution in [3.63, 3.8) is 0 Å². The van der Waals surface area contributed by atoms with Crippen molar-refractivity contribution in [2.45, 2.75) is 40.5 Å². The van der Waals surface area contributed by atoms with Crippen molar-refractivity contribution in [3.8, 4) is 0 Å². The summed E-state index contributed by atoms with van der Waals surface area (Å²) >= 11 is 0. The smallest absolute Gasteiger partial charge is 0.254 e. The molecular formula is C23H36N4O4. The fourth-order valence-electron chi connectivity index (χ4n) is 3.31. The lowest BCUT2D eigenvalue weighted by Crippen LogP contribution is -2.53. The molecule has 0 saturated heterocycles. The van der Waals surface area contributed by atoms with Crippen LogP contribution in [-0.4, -0.2) is 41.0 Å². The van der Waals surface area contributed by atoms with E-state index in [1.54, 1.807) is 5.48 Å². The van der Waals surface area contributed by atoms with Crippen molar-refractivity contribution in [2.24, 2.45) is 29.4 Å². The molecule has 0 unspecified atom stereocenters. The summed E-state index contributed by atoms with van der Waals surface area (Å²) in [5.41, 5.74) is 10.8. The van der Waals surface area contributed by atoms with Crippen molar-refractivity contribution >= 4 is 23.8 Å². The molecule has 0 radical (unpaired) electrons. The minimum Gasteiger partial charge on any atom is -0.322 e. The number of nitrogens with two attached hydrogens (primary N) is 1. The van der Waals surface area contributed by atoms with Gasteiger partial charge in [-0.1, -0.05) is 70.2 Å². The summed E-state index contributed by atoms with van der Waals surface area (Å²) in [6, 6.07) is 9.58. The highest BCUT2D eigenvalue weighted by molar-refractivity contribution is 5.89.